The largest absolute Gasteiger partial charge is 0.229 e. The van der Waals surface area contributed by atoms with Gasteiger partial charge in [0, 0.05) is 11.1 Å². The Morgan fingerprint density at radius 2 is 1.82 bits per heavy atom. The molecule has 0 atom stereocenters. The van der Waals surface area contributed by atoms with E-state index < -0.39 is 9.84 Å². The summed E-state index contributed by atoms with van der Waals surface area (Å²) in [7, 11) is -2.82. The first-order valence-corrected chi connectivity index (χ1v) is 6.53. The summed E-state index contributed by atoms with van der Waals surface area (Å²) in [4.78, 5) is 0. The van der Waals surface area contributed by atoms with Gasteiger partial charge < -0.3 is 0 Å². The zero-order valence-corrected chi connectivity index (χ0v) is 9.63. The van der Waals surface area contributed by atoms with Gasteiger partial charge in [0.15, 0.2) is 9.84 Å². The molecule has 0 spiro atoms. The van der Waals surface area contributed by atoms with Gasteiger partial charge in [-0.15, -0.1) is 0 Å². The number of hydrogen-bond donors (Lipinski definition) is 0. The molecule has 0 aromatic rings. The normalized spacial score (nSPS) is 13.5. The zero-order valence-electron chi connectivity index (χ0n) is 7.22. The second-order valence-corrected chi connectivity index (χ2v) is 6.39. The summed E-state index contributed by atoms with van der Waals surface area (Å²) in [6, 6.07) is 0. The van der Waals surface area contributed by atoms with Gasteiger partial charge in [-0.05, 0) is 5.41 Å². The lowest BCUT2D eigenvalue weighted by atomic mass is 10.0. The molecule has 0 N–H and O–H groups in total. The van der Waals surface area contributed by atoms with Crippen LogP contribution in [-0.4, -0.2) is 25.3 Å². The molecule has 68 valence electrons. The summed E-state index contributed by atoms with van der Waals surface area (Å²) in [5.74, 6) is 0.505. The Labute approximate surface area is 77.4 Å². The molecule has 0 amide bonds. The Morgan fingerprint density at radius 1 is 1.36 bits per heavy atom. The van der Waals surface area contributed by atoms with Gasteiger partial charge in [-0.3, -0.25) is 0 Å². The molecular weight excluding hydrogens is 228 g/mol. The van der Waals surface area contributed by atoms with Gasteiger partial charge in [-0.1, -0.05) is 36.7 Å². The van der Waals surface area contributed by atoms with Crippen LogP contribution in [0.1, 0.15) is 20.8 Å². The van der Waals surface area contributed by atoms with Crippen molar-refractivity contribution in [1.82, 2.24) is 0 Å². The highest BCUT2D eigenvalue weighted by atomic mass is 79.9. The fourth-order valence-corrected chi connectivity index (χ4v) is 2.69. The lowest BCUT2D eigenvalue weighted by molar-refractivity contribution is 0.475. The highest BCUT2D eigenvalue weighted by Crippen LogP contribution is 2.20. The second-order valence-electron chi connectivity index (χ2n) is 3.47. The minimum absolute atomic E-state index is 0.144. The van der Waals surface area contributed by atoms with E-state index in [9.17, 15) is 8.42 Å². The molecule has 0 aliphatic carbocycles. The maximum absolute atomic E-state index is 11.2. The minimum Gasteiger partial charge on any atom is -0.229 e. The topological polar surface area (TPSA) is 34.1 Å². The summed E-state index contributed by atoms with van der Waals surface area (Å²) in [5.41, 5.74) is -0.144. The molecule has 0 aliphatic heterocycles. The van der Waals surface area contributed by atoms with Crippen LogP contribution in [0.3, 0.4) is 0 Å². The minimum atomic E-state index is -2.82. The van der Waals surface area contributed by atoms with Gasteiger partial charge in [-0.25, -0.2) is 8.42 Å². The van der Waals surface area contributed by atoms with E-state index in [1.807, 2.05) is 13.8 Å². The Bertz CT molecular complexity index is 206. The van der Waals surface area contributed by atoms with E-state index in [0.29, 0.717) is 0 Å². The summed E-state index contributed by atoms with van der Waals surface area (Å²) >= 11 is 3.29. The van der Waals surface area contributed by atoms with E-state index in [1.165, 1.54) is 0 Å². The van der Waals surface area contributed by atoms with Crippen molar-refractivity contribution in [2.24, 2.45) is 5.41 Å². The standard InChI is InChI=1S/C7H15BrO2S/c1-4-11(9,10)6-7(2,3)5-8/h4-6H2,1-3H3. The molecule has 0 rings (SSSR count). The molecule has 0 aromatic carbocycles. The zero-order chi connectivity index (χ0) is 9.12. The van der Waals surface area contributed by atoms with Crippen molar-refractivity contribution in [3.05, 3.63) is 0 Å². The first kappa shape index (κ1) is 11.4. The van der Waals surface area contributed by atoms with Crippen LogP contribution in [0.2, 0.25) is 0 Å². The van der Waals surface area contributed by atoms with Crippen LogP contribution in [-0.2, 0) is 9.84 Å². The van der Waals surface area contributed by atoms with Crippen molar-refractivity contribution in [3.8, 4) is 0 Å². The SMILES string of the molecule is CCS(=O)(=O)CC(C)(C)CBr. The van der Waals surface area contributed by atoms with Crippen LogP contribution in [0.4, 0.5) is 0 Å². The Balaban J connectivity index is 4.26. The van der Waals surface area contributed by atoms with Crippen molar-refractivity contribution in [2.45, 2.75) is 20.8 Å². The summed E-state index contributed by atoms with van der Waals surface area (Å²) < 4.78 is 22.3. The van der Waals surface area contributed by atoms with E-state index in [2.05, 4.69) is 15.9 Å². The Kier molecular flexibility index (Phi) is 4.05. The third-order valence-electron chi connectivity index (χ3n) is 1.41. The molecule has 0 saturated heterocycles. The molecule has 4 heteroatoms. The highest BCUT2D eigenvalue weighted by molar-refractivity contribution is 9.09. The Morgan fingerprint density at radius 3 is 2.09 bits per heavy atom. The van der Waals surface area contributed by atoms with Crippen LogP contribution in [0, 0.1) is 5.41 Å². The molecule has 0 aromatic heterocycles. The first-order valence-electron chi connectivity index (χ1n) is 3.59. The predicted octanol–water partition coefficient (Wildman–Crippen LogP) is 1.84. The van der Waals surface area contributed by atoms with Crippen LogP contribution < -0.4 is 0 Å². The van der Waals surface area contributed by atoms with Crippen molar-refractivity contribution < 1.29 is 8.42 Å². The van der Waals surface area contributed by atoms with Crippen molar-refractivity contribution in [3.63, 3.8) is 0 Å². The molecule has 0 heterocycles. The van der Waals surface area contributed by atoms with Crippen molar-refractivity contribution >= 4 is 25.8 Å². The molecule has 0 fully saturated rings. The van der Waals surface area contributed by atoms with Crippen LogP contribution in [0.5, 0.6) is 0 Å². The number of sulfone groups is 1. The van der Waals surface area contributed by atoms with Gasteiger partial charge in [0.25, 0.3) is 0 Å². The predicted molar refractivity (Wildman–Crippen MR) is 51.9 cm³/mol. The van der Waals surface area contributed by atoms with Crippen LogP contribution >= 0.6 is 15.9 Å². The van der Waals surface area contributed by atoms with E-state index in [4.69, 9.17) is 0 Å². The van der Waals surface area contributed by atoms with E-state index >= 15 is 0 Å². The van der Waals surface area contributed by atoms with E-state index in [0.717, 1.165) is 5.33 Å². The first-order chi connectivity index (χ1) is 4.83. The quantitative estimate of drug-likeness (QED) is 0.706. The van der Waals surface area contributed by atoms with E-state index in [1.54, 1.807) is 6.92 Å². The molecule has 0 aliphatic rings. The van der Waals surface area contributed by atoms with Gasteiger partial charge in [0.05, 0.1) is 5.75 Å². The number of halogens is 1. The average Bonchev–Trinajstić information content (AvgIpc) is 1.86. The molecule has 2 nitrogen and oxygen atoms in total. The van der Waals surface area contributed by atoms with Gasteiger partial charge in [0.2, 0.25) is 0 Å². The van der Waals surface area contributed by atoms with Gasteiger partial charge in [0.1, 0.15) is 0 Å². The number of rotatable bonds is 4. The second kappa shape index (κ2) is 3.90. The van der Waals surface area contributed by atoms with Gasteiger partial charge >= 0.3 is 0 Å². The smallest absolute Gasteiger partial charge is 0.150 e. The molecule has 0 radical (unpaired) electrons. The molecule has 0 saturated carbocycles. The third-order valence-corrected chi connectivity index (χ3v) is 5.03. The van der Waals surface area contributed by atoms with Crippen molar-refractivity contribution in [1.29, 1.82) is 0 Å². The van der Waals surface area contributed by atoms with E-state index in [-0.39, 0.29) is 16.9 Å². The average molecular weight is 243 g/mol. The maximum Gasteiger partial charge on any atom is 0.150 e. The number of hydrogen-bond acceptors (Lipinski definition) is 2. The van der Waals surface area contributed by atoms with Crippen molar-refractivity contribution in [2.75, 3.05) is 16.8 Å². The fraction of sp³-hybridized carbons (Fsp3) is 1.00. The molecule has 11 heavy (non-hydrogen) atoms. The fourth-order valence-electron chi connectivity index (χ4n) is 0.736. The molecule has 0 bridgehead atoms. The number of alkyl halides is 1. The summed E-state index contributed by atoms with van der Waals surface area (Å²) in [5, 5.41) is 0.721. The molecular formula is C7H15BrO2S. The molecule has 0 unspecified atom stereocenters. The Hall–Kier alpha value is 0.430. The van der Waals surface area contributed by atoms with Crippen LogP contribution in [0.15, 0.2) is 0 Å². The van der Waals surface area contributed by atoms with Gasteiger partial charge in [-0.2, -0.15) is 0 Å². The lowest BCUT2D eigenvalue weighted by Gasteiger charge is -2.20. The summed E-state index contributed by atoms with van der Waals surface area (Å²) in [6.07, 6.45) is 0. The monoisotopic (exact) mass is 242 g/mol. The van der Waals surface area contributed by atoms with Crippen LogP contribution in [0.25, 0.3) is 0 Å². The third kappa shape index (κ3) is 4.80. The summed E-state index contributed by atoms with van der Waals surface area (Å²) in [6.45, 7) is 5.56. The maximum atomic E-state index is 11.2. The highest BCUT2D eigenvalue weighted by Gasteiger charge is 2.23. The lowest BCUT2D eigenvalue weighted by Crippen LogP contribution is -2.26.